The smallest absolute Gasteiger partial charge is 0.0464 e. The summed E-state index contributed by atoms with van der Waals surface area (Å²) in [5.41, 5.74) is 27.1. The van der Waals surface area contributed by atoms with Crippen LogP contribution in [-0.4, -0.2) is 0 Å². The van der Waals surface area contributed by atoms with Crippen LogP contribution >= 0.6 is 23.2 Å². The highest BCUT2D eigenvalue weighted by molar-refractivity contribution is 6.31. The van der Waals surface area contributed by atoms with Gasteiger partial charge in [0.25, 0.3) is 0 Å². The van der Waals surface area contributed by atoms with Gasteiger partial charge < -0.3 is 4.90 Å². The summed E-state index contributed by atoms with van der Waals surface area (Å²) in [5.74, 6) is 0. The Morgan fingerprint density at radius 1 is 0.208 bits per heavy atom. The van der Waals surface area contributed by atoms with E-state index in [2.05, 4.69) is 280 Å². The van der Waals surface area contributed by atoms with Crippen LogP contribution in [0.3, 0.4) is 0 Å². The zero-order valence-electron chi connectivity index (χ0n) is 42.8. The van der Waals surface area contributed by atoms with Crippen LogP contribution in [0.2, 0.25) is 10.0 Å². The van der Waals surface area contributed by atoms with Crippen LogP contribution in [0.1, 0.15) is 11.1 Å². The maximum Gasteiger partial charge on any atom is 0.0464 e. The van der Waals surface area contributed by atoms with Crippen LogP contribution < -0.4 is 4.90 Å². The van der Waals surface area contributed by atoms with E-state index in [1.54, 1.807) is 0 Å². The summed E-state index contributed by atoms with van der Waals surface area (Å²) < 4.78 is 0. The SMILES string of the molecule is Cc1cc(N(c2ccc(-c3ccccc3)cc2)c2ccc(-c3ccc(-c4ccc(-c5ccc(-c6ccc(Cl)cc6)cc5)cc4)cc3)c(C)c2)ccc1-c1ccc(-c2ccc(-c3ccc(-c4ccc(Cl)cc4)cc3)cc2)cc1. The lowest BCUT2D eigenvalue weighted by molar-refractivity contribution is 1.26. The molecule has 12 rings (SSSR count). The number of anilines is 3. The van der Waals surface area contributed by atoms with Gasteiger partial charge in [0.1, 0.15) is 0 Å². The van der Waals surface area contributed by atoms with E-state index in [9.17, 15) is 0 Å². The third-order valence-electron chi connectivity index (χ3n) is 14.8. The molecule has 0 aliphatic heterocycles. The van der Waals surface area contributed by atoms with Crippen molar-refractivity contribution < 1.29 is 0 Å². The van der Waals surface area contributed by atoms with Gasteiger partial charge >= 0.3 is 0 Å². The van der Waals surface area contributed by atoms with Crippen LogP contribution in [0.5, 0.6) is 0 Å². The number of hydrogen-bond acceptors (Lipinski definition) is 1. The average molecular weight is 1030 g/mol. The van der Waals surface area contributed by atoms with Crippen LogP contribution in [0.4, 0.5) is 17.1 Å². The standard InChI is InChI=1S/C74H53Cl2N/c1-50-48-71(44-46-73(50)66-28-24-61(25-29-66)57-12-8-53(9-13-57)55-16-20-59(21-17-55)63-32-38-68(75)39-33-63)77(70-42-36-65(37-43-70)52-6-4-3-5-7-52)72-45-47-74(51(2)49-72)67-30-26-62(27-31-67)58-14-10-54(11-15-58)56-18-22-60(23-19-56)64-34-40-69(76)41-35-64/h3-49H,1-2H3. The van der Waals surface area contributed by atoms with Gasteiger partial charge in [-0.3, -0.25) is 0 Å². The molecular weight excluding hydrogens is 974 g/mol. The fourth-order valence-electron chi connectivity index (χ4n) is 10.5. The lowest BCUT2D eigenvalue weighted by Crippen LogP contribution is -2.10. The molecule has 0 aliphatic carbocycles. The van der Waals surface area contributed by atoms with Crippen LogP contribution in [0, 0.1) is 13.8 Å². The van der Waals surface area contributed by atoms with E-state index in [0.29, 0.717) is 0 Å². The minimum absolute atomic E-state index is 0.746. The molecule has 368 valence electrons. The van der Waals surface area contributed by atoms with Crippen LogP contribution in [-0.2, 0) is 0 Å². The third kappa shape index (κ3) is 10.7. The first-order valence-corrected chi connectivity index (χ1v) is 26.8. The number of halogens is 2. The van der Waals surface area contributed by atoms with Gasteiger partial charge in [0.05, 0.1) is 0 Å². The van der Waals surface area contributed by atoms with E-state index in [-0.39, 0.29) is 0 Å². The minimum atomic E-state index is 0.746. The van der Waals surface area contributed by atoms with Gasteiger partial charge in [-0.2, -0.15) is 0 Å². The van der Waals surface area contributed by atoms with Crippen molar-refractivity contribution in [3.05, 3.63) is 306 Å². The van der Waals surface area contributed by atoms with Gasteiger partial charge in [0.2, 0.25) is 0 Å². The van der Waals surface area contributed by atoms with E-state index in [4.69, 9.17) is 23.2 Å². The maximum atomic E-state index is 6.12. The topological polar surface area (TPSA) is 3.24 Å². The van der Waals surface area contributed by atoms with E-state index in [0.717, 1.165) is 38.2 Å². The van der Waals surface area contributed by atoms with Gasteiger partial charge in [0, 0.05) is 27.1 Å². The number of benzene rings is 12. The highest BCUT2D eigenvalue weighted by Gasteiger charge is 2.17. The molecule has 0 fully saturated rings. The lowest BCUT2D eigenvalue weighted by atomic mass is 9.95. The molecule has 0 bridgehead atoms. The molecule has 77 heavy (non-hydrogen) atoms. The van der Waals surface area contributed by atoms with Crippen LogP contribution in [0.25, 0.3) is 100 Å². The molecule has 0 spiro atoms. The Labute approximate surface area is 462 Å². The maximum absolute atomic E-state index is 6.12. The van der Waals surface area contributed by atoms with Crippen molar-refractivity contribution >= 4 is 40.3 Å². The second kappa shape index (κ2) is 21.7. The molecule has 3 heteroatoms. The molecule has 0 unspecified atom stereocenters. The first-order valence-electron chi connectivity index (χ1n) is 26.1. The first kappa shape index (κ1) is 48.9. The Morgan fingerprint density at radius 3 is 0.675 bits per heavy atom. The van der Waals surface area contributed by atoms with Gasteiger partial charge in [-0.25, -0.2) is 0 Å². The number of aryl methyl sites for hydroxylation is 2. The van der Waals surface area contributed by atoms with Gasteiger partial charge in [-0.1, -0.05) is 248 Å². The summed E-state index contributed by atoms with van der Waals surface area (Å²) in [7, 11) is 0. The predicted octanol–water partition coefficient (Wildman–Crippen LogP) is 22.1. The summed E-state index contributed by atoms with van der Waals surface area (Å²) in [4.78, 5) is 2.38. The Balaban J connectivity index is 0.772. The van der Waals surface area contributed by atoms with E-state index in [1.165, 1.54) is 100 Å². The Morgan fingerprint density at radius 2 is 0.416 bits per heavy atom. The molecule has 0 N–H and O–H groups in total. The zero-order valence-corrected chi connectivity index (χ0v) is 44.4. The number of rotatable bonds is 12. The number of hydrogen-bond donors (Lipinski definition) is 0. The monoisotopic (exact) mass is 1030 g/mol. The fourth-order valence-corrected chi connectivity index (χ4v) is 10.7. The predicted molar refractivity (Wildman–Crippen MR) is 330 cm³/mol. The van der Waals surface area contributed by atoms with Crippen molar-refractivity contribution in [1.82, 2.24) is 0 Å². The molecular formula is C74H53Cl2N. The fraction of sp³-hybridized carbons (Fsp3) is 0.0270. The molecule has 12 aromatic rings. The molecule has 0 aliphatic rings. The summed E-state index contributed by atoms with van der Waals surface area (Å²) in [6.45, 7) is 4.44. The Hall–Kier alpha value is -8.98. The third-order valence-corrected chi connectivity index (χ3v) is 15.3. The van der Waals surface area contributed by atoms with E-state index in [1.807, 2.05) is 24.3 Å². The molecule has 0 radical (unpaired) electrons. The summed E-state index contributed by atoms with van der Waals surface area (Å²) in [5, 5.41) is 1.49. The molecule has 1 nitrogen and oxygen atoms in total. The number of nitrogens with zero attached hydrogens (tertiary/aromatic N) is 1. The Kier molecular flexibility index (Phi) is 13.8. The lowest BCUT2D eigenvalue weighted by Gasteiger charge is -2.27. The van der Waals surface area contributed by atoms with Crippen molar-refractivity contribution in [2.75, 3.05) is 4.90 Å². The summed E-state index contributed by atoms with van der Waals surface area (Å²) >= 11 is 12.2. The molecule has 0 aromatic heterocycles. The molecule has 0 amide bonds. The molecule has 0 heterocycles. The van der Waals surface area contributed by atoms with Gasteiger partial charge in [0.15, 0.2) is 0 Å². The Bertz CT molecular complexity index is 3740. The molecule has 0 saturated heterocycles. The van der Waals surface area contributed by atoms with Crippen molar-refractivity contribution in [2.24, 2.45) is 0 Å². The summed E-state index contributed by atoms with van der Waals surface area (Å²) in [6.07, 6.45) is 0. The molecule has 0 saturated carbocycles. The zero-order chi connectivity index (χ0) is 52.2. The van der Waals surface area contributed by atoms with Gasteiger partial charge in [-0.15, -0.1) is 0 Å². The average Bonchev–Trinajstić information content (AvgIpc) is 3.48. The first-order chi connectivity index (χ1) is 37.8. The highest BCUT2D eigenvalue weighted by Crippen LogP contribution is 2.41. The van der Waals surface area contributed by atoms with Crippen LogP contribution in [0.15, 0.2) is 285 Å². The van der Waals surface area contributed by atoms with Crippen molar-refractivity contribution in [1.29, 1.82) is 0 Å². The molecule has 12 aromatic carbocycles. The van der Waals surface area contributed by atoms with Crippen molar-refractivity contribution in [3.63, 3.8) is 0 Å². The van der Waals surface area contributed by atoms with E-state index >= 15 is 0 Å². The quantitative estimate of drug-likeness (QED) is 0.118. The second-order valence-electron chi connectivity index (χ2n) is 19.7. The molecule has 0 atom stereocenters. The van der Waals surface area contributed by atoms with Gasteiger partial charge in [-0.05, 0) is 186 Å². The van der Waals surface area contributed by atoms with E-state index < -0.39 is 0 Å². The normalized spacial score (nSPS) is 11.1. The van der Waals surface area contributed by atoms with Crippen molar-refractivity contribution in [2.45, 2.75) is 13.8 Å². The minimum Gasteiger partial charge on any atom is -0.310 e. The summed E-state index contributed by atoms with van der Waals surface area (Å²) in [6, 6.07) is 102. The highest BCUT2D eigenvalue weighted by atomic mass is 35.5. The van der Waals surface area contributed by atoms with Crippen molar-refractivity contribution in [3.8, 4) is 100 Å². The largest absolute Gasteiger partial charge is 0.310 e. The second-order valence-corrected chi connectivity index (χ2v) is 20.6.